The van der Waals surface area contributed by atoms with Gasteiger partial charge in [0.1, 0.15) is 0 Å². The topological polar surface area (TPSA) is 95.0 Å². The largest absolute Gasteiger partial charge is 0.479 e. The van der Waals surface area contributed by atoms with Crippen LogP contribution in [0.3, 0.4) is 0 Å². The number of benzene rings is 1. The maximum atomic E-state index is 14.1. The van der Waals surface area contributed by atoms with E-state index in [2.05, 4.69) is 0 Å². The van der Waals surface area contributed by atoms with Crippen LogP contribution in [0, 0.1) is 0 Å². The highest BCUT2D eigenvalue weighted by molar-refractivity contribution is 7.89. The summed E-state index contributed by atoms with van der Waals surface area (Å²) in [4.78, 5) is 24.5. The Balaban J connectivity index is 2.18. The van der Waals surface area contributed by atoms with Crippen LogP contribution in [0.1, 0.15) is 30.6 Å². The van der Waals surface area contributed by atoms with E-state index in [0.29, 0.717) is 0 Å². The average molecular weight is 372 g/mol. The Kier molecular flexibility index (Phi) is 5.19. The van der Waals surface area contributed by atoms with Crippen molar-refractivity contribution in [2.75, 3.05) is 20.1 Å². The van der Waals surface area contributed by atoms with Gasteiger partial charge in [-0.05, 0) is 38.1 Å². The molecule has 1 atom stereocenters. The van der Waals surface area contributed by atoms with Gasteiger partial charge in [0, 0.05) is 31.6 Å². The van der Waals surface area contributed by atoms with Gasteiger partial charge in [-0.3, -0.25) is 4.79 Å². The fourth-order valence-corrected chi connectivity index (χ4v) is 3.88. The van der Waals surface area contributed by atoms with Crippen LogP contribution in [-0.2, 0) is 14.8 Å². The third kappa shape index (κ3) is 3.67. The Morgan fingerprint density at radius 3 is 2.28 bits per heavy atom. The van der Waals surface area contributed by atoms with Crippen LogP contribution in [0.5, 0.6) is 0 Å². The molecule has 0 aliphatic carbocycles. The summed E-state index contributed by atoms with van der Waals surface area (Å²) in [5.74, 6) is -2.11. The summed E-state index contributed by atoms with van der Waals surface area (Å²) in [6.07, 6.45) is -0.264. The second-order valence-electron chi connectivity index (χ2n) is 6.39. The zero-order chi connectivity index (χ0) is 19.0. The molecule has 0 spiro atoms. The van der Waals surface area contributed by atoms with E-state index < -0.39 is 34.1 Å². The Morgan fingerprint density at radius 1 is 1.28 bits per heavy atom. The lowest BCUT2D eigenvalue weighted by molar-refractivity contribution is -0.149. The summed E-state index contributed by atoms with van der Waals surface area (Å²) in [7, 11) is -2.19. The number of hydrogen-bond donors (Lipinski definition) is 1. The second kappa shape index (κ2) is 6.72. The molecular formula is C16H21FN2O5S. The molecule has 138 valence electrons. The molecular weight excluding hydrogens is 351 g/mol. The second-order valence-corrected chi connectivity index (χ2v) is 8.38. The van der Waals surface area contributed by atoms with Crippen LogP contribution < -0.4 is 0 Å². The predicted octanol–water partition coefficient (Wildman–Crippen LogP) is 1.35. The van der Waals surface area contributed by atoms with Gasteiger partial charge in [0.25, 0.3) is 5.91 Å². The number of rotatable bonds is 5. The van der Waals surface area contributed by atoms with Crippen molar-refractivity contribution in [3.8, 4) is 0 Å². The summed E-state index contributed by atoms with van der Waals surface area (Å²) in [6, 6.07) is 5.11. The van der Waals surface area contributed by atoms with Gasteiger partial charge in [-0.25, -0.2) is 17.6 Å². The minimum Gasteiger partial charge on any atom is -0.479 e. The zero-order valence-corrected chi connectivity index (χ0v) is 15.1. The van der Waals surface area contributed by atoms with Crippen molar-refractivity contribution in [1.82, 2.24) is 9.21 Å². The quantitative estimate of drug-likeness (QED) is 0.842. The van der Waals surface area contributed by atoms with Gasteiger partial charge in [0.05, 0.1) is 11.4 Å². The molecule has 1 fully saturated rings. The smallest absolute Gasteiger partial charge is 0.343 e. The zero-order valence-electron chi connectivity index (χ0n) is 14.3. The van der Waals surface area contributed by atoms with E-state index in [1.165, 1.54) is 35.6 Å². The van der Waals surface area contributed by atoms with Crippen molar-refractivity contribution >= 4 is 21.9 Å². The minimum absolute atomic E-state index is 0.00221. The molecule has 1 aliphatic rings. The number of carboxylic acid groups (broad SMARTS) is 1. The number of halogens is 1. The lowest BCUT2D eigenvalue weighted by atomic mass is 10.1. The molecule has 0 aromatic heterocycles. The van der Waals surface area contributed by atoms with Gasteiger partial charge >= 0.3 is 5.97 Å². The Hall–Kier alpha value is -2.00. The highest BCUT2D eigenvalue weighted by Gasteiger charge is 2.47. The lowest BCUT2D eigenvalue weighted by Crippen LogP contribution is -2.38. The molecule has 1 heterocycles. The number of nitrogens with zero attached hydrogens (tertiary/aromatic N) is 2. The molecule has 25 heavy (non-hydrogen) atoms. The summed E-state index contributed by atoms with van der Waals surface area (Å²) in [5, 5.41) is 8.88. The fraction of sp³-hybridized carbons (Fsp3) is 0.500. The van der Waals surface area contributed by atoms with Crippen molar-refractivity contribution in [2.45, 2.75) is 36.9 Å². The van der Waals surface area contributed by atoms with Crippen LogP contribution in [0.4, 0.5) is 4.39 Å². The SMILES string of the molecule is CC(C)N(C)S(=O)(=O)c1ccc(C(=O)N2CCC(F)(C(=O)O)C2)cc1. The molecule has 1 aromatic rings. The van der Waals surface area contributed by atoms with Crippen LogP contribution >= 0.6 is 0 Å². The first-order valence-electron chi connectivity index (χ1n) is 7.79. The Bertz CT molecular complexity index is 778. The van der Waals surface area contributed by atoms with Crippen LogP contribution in [0.15, 0.2) is 29.2 Å². The first kappa shape index (κ1) is 19.3. The average Bonchev–Trinajstić information content (AvgIpc) is 2.97. The van der Waals surface area contributed by atoms with Gasteiger partial charge in [0.15, 0.2) is 0 Å². The number of carbonyl (C=O) groups is 2. The number of aliphatic carboxylic acids is 1. The molecule has 0 radical (unpaired) electrons. The number of alkyl halides is 1. The third-order valence-corrected chi connectivity index (χ3v) is 6.44. The molecule has 0 saturated carbocycles. The van der Waals surface area contributed by atoms with E-state index in [-0.39, 0.29) is 29.5 Å². The molecule has 2 rings (SSSR count). The van der Waals surface area contributed by atoms with Gasteiger partial charge in [-0.15, -0.1) is 0 Å². The van der Waals surface area contributed by atoms with Crippen molar-refractivity contribution in [1.29, 1.82) is 0 Å². The van der Waals surface area contributed by atoms with Crippen LogP contribution in [0.25, 0.3) is 0 Å². The summed E-state index contributed by atoms with van der Waals surface area (Å²) < 4.78 is 40.1. The van der Waals surface area contributed by atoms with Gasteiger partial charge in [-0.1, -0.05) is 0 Å². The monoisotopic (exact) mass is 372 g/mol. The molecule has 1 aromatic carbocycles. The molecule has 1 saturated heterocycles. The lowest BCUT2D eigenvalue weighted by Gasteiger charge is -2.21. The first-order chi connectivity index (χ1) is 11.5. The number of likely N-dealkylation sites (tertiary alicyclic amines) is 1. The third-order valence-electron chi connectivity index (χ3n) is 4.40. The van der Waals surface area contributed by atoms with E-state index in [9.17, 15) is 22.4 Å². The maximum absolute atomic E-state index is 14.1. The molecule has 7 nitrogen and oxygen atoms in total. The summed E-state index contributed by atoms with van der Waals surface area (Å²) in [5.41, 5.74) is -2.25. The summed E-state index contributed by atoms with van der Waals surface area (Å²) in [6.45, 7) is 2.97. The van der Waals surface area contributed by atoms with Gasteiger partial charge < -0.3 is 10.0 Å². The molecule has 0 bridgehead atoms. The number of amides is 1. The molecule has 1 unspecified atom stereocenters. The highest BCUT2D eigenvalue weighted by Crippen LogP contribution is 2.27. The fourth-order valence-electron chi connectivity index (χ4n) is 2.52. The van der Waals surface area contributed by atoms with E-state index in [1.54, 1.807) is 13.8 Å². The van der Waals surface area contributed by atoms with Crippen molar-refractivity contribution in [3.05, 3.63) is 29.8 Å². The number of carbonyl (C=O) groups excluding carboxylic acids is 1. The molecule has 9 heteroatoms. The number of carboxylic acids is 1. The Labute approximate surface area is 146 Å². The molecule has 1 N–H and O–H groups in total. The standard InChI is InChI=1S/C16H21FN2O5S/c1-11(2)18(3)25(23,24)13-6-4-12(5-7-13)14(20)19-9-8-16(17,10-19)15(21)22/h4-7,11H,8-10H2,1-3H3,(H,21,22). The molecule has 1 aliphatic heterocycles. The normalized spacial score (nSPS) is 21.1. The minimum atomic E-state index is -3.66. The van der Waals surface area contributed by atoms with Gasteiger partial charge in [0.2, 0.25) is 15.7 Å². The van der Waals surface area contributed by atoms with Crippen LogP contribution in [-0.4, -0.2) is 66.5 Å². The number of sulfonamides is 1. The van der Waals surface area contributed by atoms with Gasteiger partial charge in [-0.2, -0.15) is 4.31 Å². The first-order valence-corrected chi connectivity index (χ1v) is 9.23. The van der Waals surface area contributed by atoms with Crippen LogP contribution in [0.2, 0.25) is 0 Å². The van der Waals surface area contributed by atoms with Crippen molar-refractivity contribution < 1.29 is 27.5 Å². The van der Waals surface area contributed by atoms with Crippen molar-refractivity contribution in [3.63, 3.8) is 0 Å². The Morgan fingerprint density at radius 2 is 1.84 bits per heavy atom. The van der Waals surface area contributed by atoms with Crippen molar-refractivity contribution in [2.24, 2.45) is 0 Å². The van der Waals surface area contributed by atoms with E-state index in [0.717, 1.165) is 4.90 Å². The number of hydrogen-bond acceptors (Lipinski definition) is 4. The van der Waals surface area contributed by atoms with E-state index >= 15 is 0 Å². The summed E-state index contributed by atoms with van der Waals surface area (Å²) >= 11 is 0. The van der Waals surface area contributed by atoms with E-state index in [1.807, 2.05) is 0 Å². The highest BCUT2D eigenvalue weighted by atomic mass is 32.2. The predicted molar refractivity (Wildman–Crippen MR) is 88.5 cm³/mol. The van der Waals surface area contributed by atoms with E-state index in [4.69, 9.17) is 5.11 Å². The maximum Gasteiger partial charge on any atom is 0.343 e. The molecule has 1 amide bonds.